The fourth-order valence-electron chi connectivity index (χ4n) is 2.45. The average molecular weight is 279 g/mol. The first-order valence-corrected chi connectivity index (χ1v) is 6.34. The van der Waals surface area contributed by atoms with Crippen molar-refractivity contribution >= 4 is 11.7 Å². The van der Waals surface area contributed by atoms with Crippen LogP contribution in [0.25, 0.3) is 0 Å². The van der Waals surface area contributed by atoms with Crippen LogP contribution < -0.4 is 5.73 Å². The molecule has 3 N–H and O–H groups in total. The second-order valence-corrected chi connectivity index (χ2v) is 5.21. The lowest BCUT2D eigenvalue weighted by Crippen LogP contribution is -2.50. The highest BCUT2D eigenvalue weighted by atomic mass is 16.6. The van der Waals surface area contributed by atoms with Crippen LogP contribution in [0.4, 0.5) is 5.69 Å². The Morgan fingerprint density at radius 2 is 2.10 bits per heavy atom. The number of nitro benzene ring substituents is 1. The molecule has 0 aliphatic carbocycles. The first-order chi connectivity index (χ1) is 9.33. The molecule has 20 heavy (non-hydrogen) atoms. The van der Waals surface area contributed by atoms with Crippen molar-refractivity contribution in [2.75, 3.05) is 13.1 Å². The monoisotopic (exact) mass is 279 g/mol. The van der Waals surface area contributed by atoms with E-state index in [0.29, 0.717) is 13.0 Å². The van der Waals surface area contributed by atoms with E-state index in [1.54, 1.807) is 12.1 Å². The fraction of sp³-hybridized carbons (Fsp3) is 0.462. The number of hydrogen-bond acceptors (Lipinski definition) is 5. The first-order valence-electron chi connectivity index (χ1n) is 6.34. The van der Waals surface area contributed by atoms with Gasteiger partial charge in [0, 0.05) is 31.3 Å². The van der Waals surface area contributed by atoms with E-state index < -0.39 is 16.4 Å². The van der Waals surface area contributed by atoms with Crippen molar-refractivity contribution in [2.45, 2.75) is 24.9 Å². The molecule has 7 heteroatoms. The molecular weight excluding hydrogens is 262 g/mol. The zero-order valence-electron chi connectivity index (χ0n) is 11.2. The zero-order valence-corrected chi connectivity index (χ0v) is 11.2. The molecule has 1 aliphatic heterocycles. The van der Waals surface area contributed by atoms with Crippen molar-refractivity contribution in [3.8, 4) is 0 Å². The van der Waals surface area contributed by atoms with Crippen LogP contribution in [-0.2, 0) is 4.79 Å². The van der Waals surface area contributed by atoms with Gasteiger partial charge in [0.15, 0.2) is 0 Å². The van der Waals surface area contributed by atoms with Crippen molar-refractivity contribution < 1.29 is 14.8 Å². The molecule has 1 aromatic rings. The van der Waals surface area contributed by atoms with Crippen LogP contribution in [0.15, 0.2) is 24.3 Å². The average Bonchev–Trinajstić information content (AvgIpc) is 2.82. The Morgan fingerprint density at radius 1 is 1.50 bits per heavy atom. The maximum Gasteiger partial charge on any atom is 0.325 e. The van der Waals surface area contributed by atoms with E-state index in [1.807, 2.05) is 11.8 Å². The molecule has 1 heterocycles. The van der Waals surface area contributed by atoms with E-state index in [-0.39, 0.29) is 18.3 Å². The third-order valence-electron chi connectivity index (χ3n) is 3.89. The lowest BCUT2D eigenvalue weighted by molar-refractivity contribution is -0.384. The maximum absolute atomic E-state index is 11.1. The third kappa shape index (κ3) is 2.63. The molecule has 1 aliphatic rings. The van der Waals surface area contributed by atoms with E-state index in [0.717, 1.165) is 5.56 Å². The number of carboxylic acids is 1. The van der Waals surface area contributed by atoms with Gasteiger partial charge in [0.2, 0.25) is 0 Å². The molecule has 0 spiro atoms. The van der Waals surface area contributed by atoms with Crippen LogP contribution in [0, 0.1) is 10.1 Å². The summed E-state index contributed by atoms with van der Waals surface area (Å²) in [5.41, 5.74) is 5.59. The van der Waals surface area contributed by atoms with Crippen LogP contribution in [0.1, 0.15) is 24.9 Å². The number of hydrogen-bond donors (Lipinski definition) is 2. The van der Waals surface area contributed by atoms with Crippen LogP contribution >= 0.6 is 0 Å². The molecule has 7 nitrogen and oxygen atoms in total. The Labute approximate surface area is 116 Å². The van der Waals surface area contributed by atoms with E-state index in [2.05, 4.69) is 0 Å². The quantitative estimate of drug-likeness (QED) is 0.631. The molecule has 2 atom stereocenters. The molecule has 0 amide bonds. The van der Waals surface area contributed by atoms with Gasteiger partial charge in [-0.15, -0.1) is 0 Å². The predicted octanol–water partition coefficient (Wildman–Crippen LogP) is 1.14. The molecule has 0 aromatic heterocycles. The van der Waals surface area contributed by atoms with Crippen molar-refractivity contribution in [1.82, 2.24) is 4.90 Å². The normalized spacial score (nSPS) is 24.5. The van der Waals surface area contributed by atoms with Gasteiger partial charge >= 0.3 is 5.97 Å². The van der Waals surface area contributed by atoms with E-state index in [9.17, 15) is 14.9 Å². The van der Waals surface area contributed by atoms with Gasteiger partial charge in [-0.05, 0) is 18.9 Å². The number of non-ortho nitro benzene ring substituents is 1. The second-order valence-electron chi connectivity index (χ2n) is 5.21. The second kappa shape index (κ2) is 5.18. The van der Waals surface area contributed by atoms with Gasteiger partial charge in [-0.3, -0.25) is 19.8 Å². The minimum atomic E-state index is -1.20. The molecule has 0 bridgehead atoms. The summed E-state index contributed by atoms with van der Waals surface area (Å²) in [5, 5.41) is 19.7. The lowest BCUT2D eigenvalue weighted by Gasteiger charge is -2.26. The topological polar surface area (TPSA) is 110 Å². The molecule has 1 saturated heterocycles. The number of nitrogens with zero attached hydrogens (tertiary/aromatic N) is 2. The van der Waals surface area contributed by atoms with Crippen molar-refractivity contribution in [3.63, 3.8) is 0 Å². The standard InChI is InChI=1S/C13H17N3O4/c1-9(10-2-4-11(5-3-10)16(19)20)15-7-6-13(14,8-15)12(17)18/h2-5,9H,6-8,14H2,1H3,(H,17,18). The molecule has 1 aromatic carbocycles. The van der Waals surface area contributed by atoms with Gasteiger partial charge in [0.1, 0.15) is 5.54 Å². The van der Waals surface area contributed by atoms with E-state index >= 15 is 0 Å². The minimum Gasteiger partial charge on any atom is -0.480 e. The number of rotatable bonds is 4. The lowest BCUT2D eigenvalue weighted by atomic mass is 10.0. The zero-order chi connectivity index (χ0) is 14.9. The summed E-state index contributed by atoms with van der Waals surface area (Å²) in [6.07, 6.45) is 0.402. The number of nitro groups is 1. The summed E-state index contributed by atoms with van der Waals surface area (Å²) in [6, 6.07) is 6.27. The maximum atomic E-state index is 11.1. The molecule has 0 radical (unpaired) electrons. The van der Waals surface area contributed by atoms with Crippen molar-refractivity contribution in [3.05, 3.63) is 39.9 Å². The Hall–Kier alpha value is -1.99. The van der Waals surface area contributed by atoms with E-state index in [4.69, 9.17) is 10.8 Å². The SMILES string of the molecule is CC(c1ccc([N+](=O)[O-])cc1)N1CCC(N)(C(=O)O)C1. The van der Waals surface area contributed by atoms with Crippen molar-refractivity contribution in [1.29, 1.82) is 0 Å². The molecule has 0 saturated carbocycles. The smallest absolute Gasteiger partial charge is 0.325 e. The van der Waals surface area contributed by atoms with Crippen molar-refractivity contribution in [2.24, 2.45) is 5.73 Å². The van der Waals surface area contributed by atoms with Crippen LogP contribution in [0.3, 0.4) is 0 Å². The third-order valence-corrected chi connectivity index (χ3v) is 3.89. The number of likely N-dealkylation sites (tertiary alicyclic amines) is 1. The Morgan fingerprint density at radius 3 is 2.55 bits per heavy atom. The van der Waals surface area contributed by atoms with Gasteiger partial charge in [-0.2, -0.15) is 0 Å². The summed E-state index contributed by atoms with van der Waals surface area (Å²) in [7, 11) is 0. The number of aliphatic carboxylic acids is 1. The van der Waals surface area contributed by atoms with Crippen LogP contribution in [-0.4, -0.2) is 39.5 Å². The highest BCUT2D eigenvalue weighted by Crippen LogP contribution is 2.29. The van der Waals surface area contributed by atoms with Gasteiger partial charge in [0.25, 0.3) is 5.69 Å². The largest absolute Gasteiger partial charge is 0.480 e. The molecular formula is C13H17N3O4. The summed E-state index contributed by atoms with van der Waals surface area (Å²) in [6.45, 7) is 2.82. The molecule has 2 rings (SSSR count). The molecule has 2 unspecified atom stereocenters. The molecule has 1 fully saturated rings. The van der Waals surface area contributed by atoms with Gasteiger partial charge < -0.3 is 10.8 Å². The summed E-state index contributed by atoms with van der Waals surface area (Å²) >= 11 is 0. The highest BCUT2D eigenvalue weighted by Gasteiger charge is 2.42. The van der Waals surface area contributed by atoms with Gasteiger partial charge in [-0.1, -0.05) is 12.1 Å². The van der Waals surface area contributed by atoms with Crippen LogP contribution in [0.5, 0.6) is 0 Å². The Bertz CT molecular complexity index is 531. The summed E-state index contributed by atoms with van der Waals surface area (Å²) < 4.78 is 0. The Kier molecular flexibility index (Phi) is 3.74. The van der Waals surface area contributed by atoms with E-state index in [1.165, 1.54) is 12.1 Å². The number of nitrogens with two attached hydrogens (primary N) is 1. The minimum absolute atomic E-state index is 0.0272. The summed E-state index contributed by atoms with van der Waals surface area (Å²) in [5.74, 6) is -0.990. The number of carbonyl (C=O) groups is 1. The highest BCUT2D eigenvalue weighted by molar-refractivity contribution is 5.79. The van der Waals surface area contributed by atoms with Gasteiger partial charge in [0.05, 0.1) is 4.92 Å². The predicted molar refractivity (Wildman–Crippen MR) is 72.3 cm³/mol. The fourth-order valence-corrected chi connectivity index (χ4v) is 2.45. The Balaban J connectivity index is 2.11. The number of benzene rings is 1. The summed E-state index contributed by atoms with van der Waals surface area (Å²) in [4.78, 5) is 23.3. The molecule has 108 valence electrons. The first kappa shape index (κ1) is 14.4. The van der Waals surface area contributed by atoms with Crippen LogP contribution in [0.2, 0.25) is 0 Å². The number of carboxylic acid groups (broad SMARTS) is 1. The van der Waals surface area contributed by atoms with Gasteiger partial charge in [-0.25, -0.2) is 0 Å².